The predicted molar refractivity (Wildman–Crippen MR) is 83.6 cm³/mol. The molecule has 2 aromatic rings. The van der Waals surface area contributed by atoms with Gasteiger partial charge in [-0.15, -0.1) is 11.6 Å². The molecule has 0 heterocycles. The molecule has 94 valence electrons. The maximum absolute atomic E-state index is 13.5. The van der Waals surface area contributed by atoms with Gasteiger partial charge < -0.3 is 0 Å². The van der Waals surface area contributed by atoms with Gasteiger partial charge in [0, 0.05) is 8.95 Å². The van der Waals surface area contributed by atoms with Crippen LogP contribution < -0.4 is 0 Å². The van der Waals surface area contributed by atoms with Crippen LogP contribution in [-0.4, -0.2) is 0 Å². The lowest BCUT2D eigenvalue weighted by Crippen LogP contribution is -1.97. The molecule has 0 spiro atoms. The molecule has 0 nitrogen and oxygen atoms in total. The largest absolute Gasteiger partial charge is 0.206 e. The quantitative estimate of drug-likeness (QED) is 0.456. The van der Waals surface area contributed by atoms with Gasteiger partial charge in [-0.05, 0) is 51.3 Å². The van der Waals surface area contributed by atoms with Crippen molar-refractivity contribution in [3.8, 4) is 0 Å². The third-order valence-corrected chi connectivity index (χ3v) is 5.01. The van der Waals surface area contributed by atoms with Crippen molar-refractivity contribution in [2.75, 3.05) is 0 Å². The molecule has 2 aromatic carbocycles. The van der Waals surface area contributed by atoms with Gasteiger partial charge in [-0.3, -0.25) is 0 Å². The molecular formula is C13H7Br3ClF. The lowest BCUT2D eigenvalue weighted by molar-refractivity contribution is 0.618. The summed E-state index contributed by atoms with van der Waals surface area (Å²) in [6.45, 7) is 0. The van der Waals surface area contributed by atoms with E-state index in [9.17, 15) is 4.39 Å². The maximum atomic E-state index is 13.5. The van der Waals surface area contributed by atoms with Crippen LogP contribution >= 0.6 is 59.4 Å². The summed E-state index contributed by atoms with van der Waals surface area (Å²) in [5.74, 6) is -0.315. The average Bonchev–Trinajstić information content (AvgIpc) is 2.35. The molecule has 0 radical (unpaired) electrons. The predicted octanol–water partition coefficient (Wildman–Crippen LogP) is 6.44. The van der Waals surface area contributed by atoms with E-state index in [4.69, 9.17) is 11.6 Å². The number of hydrogen-bond acceptors (Lipinski definition) is 0. The van der Waals surface area contributed by atoms with Gasteiger partial charge in [-0.2, -0.15) is 0 Å². The molecule has 2 rings (SSSR count). The highest BCUT2D eigenvalue weighted by molar-refractivity contribution is 9.11. The van der Waals surface area contributed by atoms with E-state index in [0.29, 0.717) is 10.0 Å². The lowest BCUT2D eigenvalue weighted by atomic mass is 10.0. The fourth-order valence-electron chi connectivity index (χ4n) is 1.59. The standard InChI is InChI=1S/C13H7Br3ClF/c14-7-4-5-10(15)9(6-7)13(17)8-2-1-3-11(18)12(8)16/h1-6,13H. The summed E-state index contributed by atoms with van der Waals surface area (Å²) >= 11 is 16.5. The van der Waals surface area contributed by atoms with E-state index in [1.54, 1.807) is 12.1 Å². The lowest BCUT2D eigenvalue weighted by Gasteiger charge is -2.14. The molecule has 0 amide bonds. The third kappa shape index (κ3) is 2.98. The molecule has 0 aliphatic heterocycles. The zero-order chi connectivity index (χ0) is 13.3. The highest BCUT2D eigenvalue weighted by atomic mass is 79.9. The molecule has 0 aromatic heterocycles. The van der Waals surface area contributed by atoms with Crippen molar-refractivity contribution in [2.45, 2.75) is 5.38 Å². The zero-order valence-electron chi connectivity index (χ0n) is 8.93. The van der Waals surface area contributed by atoms with E-state index in [-0.39, 0.29) is 5.82 Å². The van der Waals surface area contributed by atoms with E-state index < -0.39 is 5.38 Å². The van der Waals surface area contributed by atoms with Crippen LogP contribution in [0.3, 0.4) is 0 Å². The first-order chi connectivity index (χ1) is 8.50. The van der Waals surface area contributed by atoms with Crippen molar-refractivity contribution in [3.63, 3.8) is 0 Å². The third-order valence-electron chi connectivity index (χ3n) is 2.49. The second-order valence-corrected chi connectivity index (χ2v) is 6.67. The Bertz CT molecular complexity index is 584. The van der Waals surface area contributed by atoms with Crippen LogP contribution in [0.4, 0.5) is 4.39 Å². The second-order valence-electron chi connectivity index (χ2n) is 3.67. The fourth-order valence-corrected chi connectivity index (χ4v) is 3.57. The van der Waals surface area contributed by atoms with Crippen LogP contribution in [0.25, 0.3) is 0 Å². The smallest absolute Gasteiger partial charge is 0.137 e. The van der Waals surface area contributed by atoms with Crippen LogP contribution in [0.5, 0.6) is 0 Å². The molecule has 1 unspecified atom stereocenters. The van der Waals surface area contributed by atoms with Crippen LogP contribution in [-0.2, 0) is 0 Å². The molecule has 0 saturated heterocycles. The van der Waals surface area contributed by atoms with Crippen molar-refractivity contribution in [3.05, 3.63) is 66.8 Å². The maximum Gasteiger partial charge on any atom is 0.137 e. The highest BCUT2D eigenvalue weighted by Gasteiger charge is 2.18. The Morgan fingerprint density at radius 3 is 2.44 bits per heavy atom. The van der Waals surface area contributed by atoms with Gasteiger partial charge >= 0.3 is 0 Å². The van der Waals surface area contributed by atoms with E-state index in [0.717, 1.165) is 14.5 Å². The summed E-state index contributed by atoms with van der Waals surface area (Å²) in [5.41, 5.74) is 1.59. The molecular weight excluding hydrogens is 450 g/mol. The Morgan fingerprint density at radius 1 is 1.00 bits per heavy atom. The Morgan fingerprint density at radius 2 is 1.72 bits per heavy atom. The Hall–Kier alpha value is 0.1000. The topological polar surface area (TPSA) is 0 Å². The number of rotatable bonds is 2. The molecule has 0 fully saturated rings. The fraction of sp³-hybridized carbons (Fsp3) is 0.0769. The Kier molecular flexibility index (Phi) is 4.86. The van der Waals surface area contributed by atoms with Crippen LogP contribution in [0.1, 0.15) is 16.5 Å². The summed E-state index contributed by atoms with van der Waals surface area (Å²) in [4.78, 5) is 0. The summed E-state index contributed by atoms with van der Waals surface area (Å²) < 4.78 is 15.7. The van der Waals surface area contributed by atoms with Gasteiger partial charge in [0.25, 0.3) is 0 Å². The molecule has 0 bridgehead atoms. The van der Waals surface area contributed by atoms with Gasteiger partial charge in [0.1, 0.15) is 5.82 Å². The van der Waals surface area contributed by atoms with E-state index in [1.807, 2.05) is 18.2 Å². The van der Waals surface area contributed by atoms with E-state index in [1.165, 1.54) is 6.07 Å². The number of benzene rings is 2. The monoisotopic (exact) mass is 454 g/mol. The first kappa shape index (κ1) is 14.5. The number of hydrogen-bond donors (Lipinski definition) is 0. The number of halogens is 5. The summed E-state index contributed by atoms with van der Waals surface area (Å²) in [5, 5.41) is -0.429. The first-order valence-corrected chi connectivity index (χ1v) is 7.85. The minimum Gasteiger partial charge on any atom is -0.206 e. The van der Waals surface area contributed by atoms with Crippen LogP contribution in [0, 0.1) is 5.82 Å². The van der Waals surface area contributed by atoms with Crippen molar-refractivity contribution in [1.82, 2.24) is 0 Å². The van der Waals surface area contributed by atoms with Crippen molar-refractivity contribution < 1.29 is 4.39 Å². The van der Waals surface area contributed by atoms with E-state index >= 15 is 0 Å². The summed E-state index contributed by atoms with van der Waals surface area (Å²) in [7, 11) is 0. The van der Waals surface area contributed by atoms with E-state index in [2.05, 4.69) is 47.8 Å². The second kappa shape index (κ2) is 6.04. The molecule has 0 aliphatic rings. The highest BCUT2D eigenvalue weighted by Crippen LogP contribution is 2.39. The van der Waals surface area contributed by atoms with Gasteiger partial charge in [-0.1, -0.05) is 44.0 Å². The molecule has 1 atom stereocenters. The van der Waals surface area contributed by atoms with Crippen molar-refractivity contribution in [1.29, 1.82) is 0 Å². The zero-order valence-corrected chi connectivity index (χ0v) is 14.4. The van der Waals surface area contributed by atoms with Gasteiger partial charge in [0.05, 0.1) is 9.85 Å². The summed E-state index contributed by atoms with van der Waals surface area (Å²) in [6.07, 6.45) is 0. The van der Waals surface area contributed by atoms with Crippen LogP contribution in [0.15, 0.2) is 49.8 Å². The van der Waals surface area contributed by atoms with Crippen molar-refractivity contribution in [2.24, 2.45) is 0 Å². The normalized spacial score (nSPS) is 12.5. The average molecular weight is 457 g/mol. The Balaban J connectivity index is 2.51. The molecule has 0 N–H and O–H groups in total. The molecule has 0 saturated carbocycles. The van der Waals surface area contributed by atoms with Crippen molar-refractivity contribution >= 4 is 59.4 Å². The minimum absolute atomic E-state index is 0.315. The molecule has 5 heteroatoms. The minimum atomic E-state index is -0.429. The summed E-state index contributed by atoms with van der Waals surface area (Å²) in [6, 6.07) is 10.6. The van der Waals surface area contributed by atoms with Gasteiger partial charge in [-0.25, -0.2) is 4.39 Å². The SMILES string of the molecule is Fc1cccc(C(Cl)c2cc(Br)ccc2Br)c1Br. The molecule has 18 heavy (non-hydrogen) atoms. The number of alkyl halides is 1. The van der Waals surface area contributed by atoms with Gasteiger partial charge in [0.2, 0.25) is 0 Å². The van der Waals surface area contributed by atoms with Crippen LogP contribution in [0.2, 0.25) is 0 Å². The molecule has 0 aliphatic carbocycles. The first-order valence-electron chi connectivity index (χ1n) is 5.03. The Labute approximate surface area is 135 Å². The van der Waals surface area contributed by atoms with Gasteiger partial charge in [0.15, 0.2) is 0 Å².